The van der Waals surface area contributed by atoms with Crippen LogP contribution in [0.1, 0.15) is 26.1 Å². The first-order chi connectivity index (χ1) is 7.70. The molecule has 1 N–H and O–H groups in total. The zero-order valence-electron chi connectivity index (χ0n) is 10.5. The predicted octanol–water partition coefficient (Wildman–Crippen LogP) is 2.49. The minimum Gasteiger partial charge on any atom is -0.395 e. The third-order valence-corrected chi connectivity index (χ3v) is 5.56. The molecule has 0 bridgehead atoms. The van der Waals surface area contributed by atoms with Crippen LogP contribution in [0.5, 0.6) is 0 Å². The van der Waals surface area contributed by atoms with Crippen LogP contribution in [0.4, 0.5) is 0 Å². The second-order valence-electron chi connectivity index (χ2n) is 3.89. The number of aryl methyl sites for hydroxylation is 1. The van der Waals surface area contributed by atoms with Gasteiger partial charge in [0.05, 0.1) is 0 Å². The molecule has 0 aromatic carbocycles. The number of rotatable bonds is 8. The van der Waals surface area contributed by atoms with Crippen molar-refractivity contribution >= 4 is 8.56 Å². The summed E-state index contributed by atoms with van der Waals surface area (Å²) in [4.78, 5) is 7.32. The fourth-order valence-electron chi connectivity index (χ4n) is 1.81. The van der Waals surface area contributed by atoms with Crippen molar-refractivity contribution in [3.05, 3.63) is 18.2 Å². The van der Waals surface area contributed by atoms with E-state index in [1.54, 1.807) is 6.20 Å². The van der Waals surface area contributed by atoms with Gasteiger partial charge < -0.3 is 13.8 Å². The van der Waals surface area contributed by atoms with Gasteiger partial charge >= 0.3 is 8.56 Å². The van der Waals surface area contributed by atoms with Crippen LogP contribution in [-0.4, -0.2) is 31.7 Å². The summed E-state index contributed by atoms with van der Waals surface area (Å²) < 4.78 is 11.6. The molecule has 0 aliphatic rings. The van der Waals surface area contributed by atoms with E-state index in [9.17, 15) is 0 Å². The number of hydrogen-bond acceptors (Lipinski definition) is 3. The third-order valence-electron chi connectivity index (χ3n) is 2.50. The Morgan fingerprint density at radius 1 is 1.31 bits per heavy atom. The van der Waals surface area contributed by atoms with Gasteiger partial charge in [0.2, 0.25) is 0 Å². The van der Waals surface area contributed by atoms with Crippen molar-refractivity contribution in [2.24, 2.45) is 0 Å². The molecular weight excluding hydrogens is 220 g/mol. The zero-order valence-corrected chi connectivity index (χ0v) is 11.5. The van der Waals surface area contributed by atoms with E-state index in [1.807, 2.05) is 20.0 Å². The largest absolute Gasteiger partial charge is 0.395 e. The summed E-state index contributed by atoms with van der Waals surface area (Å²) in [6.45, 7) is 7.67. The summed E-state index contributed by atoms with van der Waals surface area (Å²) in [7, 11) is -1.92. The van der Waals surface area contributed by atoms with Gasteiger partial charge in [-0.15, -0.1) is 0 Å². The zero-order chi connectivity index (χ0) is 11.9. The molecule has 0 atom stereocenters. The number of imidazole rings is 1. The number of H-pyrrole nitrogens is 1. The van der Waals surface area contributed by atoms with E-state index in [0.717, 1.165) is 37.9 Å². The minimum absolute atomic E-state index is 0.740. The molecular formula is C11H22N2O2Si. The van der Waals surface area contributed by atoms with Crippen LogP contribution in [0.2, 0.25) is 12.6 Å². The fourth-order valence-corrected chi connectivity index (χ4v) is 4.22. The molecule has 0 saturated heterocycles. The molecule has 0 saturated carbocycles. The molecule has 0 aliphatic heterocycles. The fraction of sp³-hybridized carbons (Fsp3) is 0.727. The molecule has 0 amide bonds. The number of hydrogen-bond donors (Lipinski definition) is 1. The summed E-state index contributed by atoms with van der Waals surface area (Å²) in [5, 5.41) is 0. The van der Waals surface area contributed by atoms with Crippen LogP contribution in [0, 0.1) is 0 Å². The van der Waals surface area contributed by atoms with Crippen molar-refractivity contribution in [1.29, 1.82) is 0 Å². The molecule has 0 unspecified atom stereocenters. The maximum Gasteiger partial charge on any atom is 0.334 e. The van der Waals surface area contributed by atoms with Crippen LogP contribution in [0.25, 0.3) is 0 Å². The van der Waals surface area contributed by atoms with E-state index >= 15 is 0 Å². The van der Waals surface area contributed by atoms with Gasteiger partial charge in [-0.1, -0.05) is 0 Å². The molecule has 1 aromatic heterocycles. The molecule has 1 heterocycles. The van der Waals surface area contributed by atoms with Crippen LogP contribution in [-0.2, 0) is 15.3 Å². The van der Waals surface area contributed by atoms with E-state index < -0.39 is 8.56 Å². The van der Waals surface area contributed by atoms with E-state index in [0.29, 0.717) is 0 Å². The van der Waals surface area contributed by atoms with Crippen LogP contribution in [0.15, 0.2) is 12.4 Å². The Balaban J connectivity index is 2.32. The van der Waals surface area contributed by atoms with Crippen molar-refractivity contribution in [2.75, 3.05) is 13.2 Å². The first-order valence-electron chi connectivity index (χ1n) is 5.96. The second-order valence-corrected chi connectivity index (χ2v) is 7.23. The van der Waals surface area contributed by atoms with E-state index in [-0.39, 0.29) is 0 Å². The summed E-state index contributed by atoms with van der Waals surface area (Å²) in [5.74, 6) is 1.05. The maximum absolute atomic E-state index is 5.78. The van der Waals surface area contributed by atoms with Gasteiger partial charge in [0.25, 0.3) is 0 Å². The van der Waals surface area contributed by atoms with Gasteiger partial charge in [-0.3, -0.25) is 0 Å². The van der Waals surface area contributed by atoms with Crippen LogP contribution in [0.3, 0.4) is 0 Å². The molecule has 16 heavy (non-hydrogen) atoms. The minimum atomic E-state index is -1.92. The highest BCUT2D eigenvalue weighted by Crippen LogP contribution is 2.17. The average Bonchev–Trinajstić information content (AvgIpc) is 2.71. The number of aromatic amines is 1. The molecule has 0 radical (unpaired) electrons. The van der Waals surface area contributed by atoms with Gasteiger partial charge in [-0.25, -0.2) is 4.98 Å². The van der Waals surface area contributed by atoms with Gasteiger partial charge in [0.1, 0.15) is 5.82 Å². The summed E-state index contributed by atoms with van der Waals surface area (Å²) in [5.41, 5.74) is 0. The van der Waals surface area contributed by atoms with E-state index in [1.165, 1.54) is 0 Å². The molecule has 0 spiro atoms. The van der Waals surface area contributed by atoms with Crippen molar-refractivity contribution in [3.8, 4) is 0 Å². The predicted molar refractivity (Wildman–Crippen MR) is 66.6 cm³/mol. The van der Waals surface area contributed by atoms with Crippen molar-refractivity contribution in [3.63, 3.8) is 0 Å². The van der Waals surface area contributed by atoms with Crippen LogP contribution >= 0.6 is 0 Å². The average molecular weight is 242 g/mol. The summed E-state index contributed by atoms with van der Waals surface area (Å²) in [6.07, 6.45) is 5.68. The van der Waals surface area contributed by atoms with Crippen LogP contribution < -0.4 is 0 Å². The molecule has 92 valence electrons. The highest BCUT2D eigenvalue weighted by Gasteiger charge is 2.29. The van der Waals surface area contributed by atoms with E-state index in [4.69, 9.17) is 8.85 Å². The number of nitrogens with zero attached hydrogens (tertiary/aromatic N) is 1. The highest BCUT2D eigenvalue weighted by molar-refractivity contribution is 6.66. The number of aromatic nitrogens is 2. The lowest BCUT2D eigenvalue weighted by atomic mass is 10.3. The SMILES string of the molecule is CCO[Si](C)(CCCc1ncc[nH]1)OCC. The van der Waals surface area contributed by atoms with Gasteiger partial charge in [-0.05, 0) is 32.9 Å². The molecule has 0 fully saturated rings. The molecule has 0 aliphatic carbocycles. The lowest BCUT2D eigenvalue weighted by Gasteiger charge is -2.25. The lowest BCUT2D eigenvalue weighted by molar-refractivity contribution is 0.188. The summed E-state index contributed by atoms with van der Waals surface area (Å²) in [6, 6.07) is 1.02. The number of nitrogens with one attached hydrogen (secondary N) is 1. The monoisotopic (exact) mass is 242 g/mol. The quantitative estimate of drug-likeness (QED) is 0.712. The third kappa shape index (κ3) is 4.47. The Morgan fingerprint density at radius 3 is 2.50 bits per heavy atom. The van der Waals surface area contributed by atoms with Gasteiger partial charge in [0.15, 0.2) is 0 Å². The first kappa shape index (κ1) is 13.4. The first-order valence-corrected chi connectivity index (χ1v) is 8.48. The lowest BCUT2D eigenvalue weighted by Crippen LogP contribution is -2.38. The smallest absolute Gasteiger partial charge is 0.334 e. The van der Waals surface area contributed by atoms with Crippen molar-refractivity contribution in [1.82, 2.24) is 9.97 Å². The molecule has 4 nitrogen and oxygen atoms in total. The maximum atomic E-state index is 5.78. The van der Waals surface area contributed by atoms with Crippen molar-refractivity contribution < 1.29 is 8.85 Å². The van der Waals surface area contributed by atoms with E-state index in [2.05, 4.69) is 16.5 Å². The Bertz CT molecular complexity index is 272. The Kier molecular flexibility index (Phi) is 5.72. The Hall–Kier alpha value is -0.653. The Labute approximate surface area is 98.6 Å². The Morgan fingerprint density at radius 2 is 2.00 bits per heavy atom. The summed E-state index contributed by atoms with van der Waals surface area (Å²) >= 11 is 0. The van der Waals surface area contributed by atoms with Gasteiger partial charge in [-0.2, -0.15) is 0 Å². The molecule has 1 rings (SSSR count). The van der Waals surface area contributed by atoms with Gasteiger partial charge in [0, 0.05) is 32.0 Å². The standard InChI is InChI=1S/C11H22N2O2Si/c1-4-14-16(3,15-5-2)10-6-7-11-12-8-9-13-11/h8-9H,4-7,10H2,1-3H3,(H,12,13). The topological polar surface area (TPSA) is 47.1 Å². The molecule has 5 heteroatoms. The van der Waals surface area contributed by atoms with Crippen molar-refractivity contribution in [2.45, 2.75) is 39.3 Å². The highest BCUT2D eigenvalue weighted by atomic mass is 28.4. The molecule has 1 aromatic rings. The normalized spacial score (nSPS) is 11.9. The second kappa shape index (κ2) is 6.83.